The molecule has 2 aromatic heterocycles. The van der Waals surface area contributed by atoms with Gasteiger partial charge in [-0.3, -0.25) is 4.79 Å². The molecule has 1 N–H and O–H groups in total. The summed E-state index contributed by atoms with van der Waals surface area (Å²) in [7, 11) is 0. The molecule has 0 saturated carbocycles. The number of hydrogen-bond donors (Lipinski definition) is 1. The fraction of sp³-hybridized carbons (Fsp3) is 0.200. The number of nitrogens with zero attached hydrogens (tertiary/aromatic N) is 3. The summed E-state index contributed by atoms with van der Waals surface area (Å²) in [5.41, 5.74) is 1.06. The topological polar surface area (TPSA) is 94.1 Å². The van der Waals surface area contributed by atoms with Crippen molar-refractivity contribution in [2.45, 2.75) is 12.3 Å². The van der Waals surface area contributed by atoms with Crippen molar-refractivity contribution in [3.8, 4) is 11.3 Å². The van der Waals surface area contributed by atoms with Gasteiger partial charge in [0.25, 0.3) is 5.91 Å². The van der Waals surface area contributed by atoms with Crippen molar-refractivity contribution in [1.82, 2.24) is 20.6 Å². The first kappa shape index (κ1) is 15.3. The van der Waals surface area contributed by atoms with Crippen LogP contribution in [0.4, 0.5) is 0 Å². The van der Waals surface area contributed by atoms with Gasteiger partial charge in [-0.05, 0) is 6.26 Å². The highest BCUT2D eigenvalue weighted by atomic mass is 32.2. The number of aromatic nitrogens is 3. The highest BCUT2D eigenvalue weighted by molar-refractivity contribution is 7.97. The lowest BCUT2D eigenvalue weighted by Gasteiger charge is -1.97. The van der Waals surface area contributed by atoms with Crippen molar-refractivity contribution < 1.29 is 13.8 Å². The third kappa shape index (κ3) is 3.78. The minimum absolute atomic E-state index is 0.147. The summed E-state index contributed by atoms with van der Waals surface area (Å²) >= 11 is 1.60. The predicted octanol–water partition coefficient (Wildman–Crippen LogP) is 2.52. The number of nitrogens with one attached hydrogen (secondary N) is 1. The molecule has 1 aromatic carbocycles. The van der Waals surface area contributed by atoms with E-state index in [9.17, 15) is 4.79 Å². The van der Waals surface area contributed by atoms with E-state index in [1.54, 1.807) is 17.8 Å². The summed E-state index contributed by atoms with van der Waals surface area (Å²) in [4.78, 5) is 16.2. The summed E-state index contributed by atoms with van der Waals surface area (Å²) in [6.45, 7) is 0.147. The summed E-state index contributed by atoms with van der Waals surface area (Å²) in [5, 5.41) is 10.3. The van der Waals surface area contributed by atoms with Crippen LogP contribution in [0.1, 0.15) is 22.2 Å². The van der Waals surface area contributed by atoms with Gasteiger partial charge in [-0.15, -0.1) is 0 Å². The Labute approximate surface area is 136 Å². The average molecular weight is 330 g/mol. The molecule has 2 heterocycles. The van der Waals surface area contributed by atoms with E-state index in [1.165, 1.54) is 0 Å². The molecule has 0 saturated heterocycles. The van der Waals surface area contributed by atoms with Crippen molar-refractivity contribution in [3.63, 3.8) is 0 Å². The molecule has 3 rings (SSSR count). The number of benzene rings is 1. The minimum atomic E-state index is -0.361. The number of rotatable bonds is 6. The second-order valence-corrected chi connectivity index (χ2v) is 5.53. The van der Waals surface area contributed by atoms with E-state index in [4.69, 9.17) is 9.05 Å². The molecule has 0 aliphatic carbocycles. The van der Waals surface area contributed by atoms with E-state index in [1.807, 2.05) is 36.6 Å². The lowest BCUT2D eigenvalue weighted by atomic mass is 10.1. The van der Waals surface area contributed by atoms with Gasteiger partial charge in [0.05, 0.1) is 12.3 Å². The number of amides is 1. The van der Waals surface area contributed by atoms with Crippen LogP contribution in [0, 0.1) is 0 Å². The van der Waals surface area contributed by atoms with Crippen molar-refractivity contribution >= 4 is 17.7 Å². The zero-order valence-corrected chi connectivity index (χ0v) is 13.2. The normalized spacial score (nSPS) is 10.7. The molecule has 8 heteroatoms. The first-order chi connectivity index (χ1) is 11.3. The highest BCUT2D eigenvalue weighted by Gasteiger charge is 2.14. The Hall–Kier alpha value is -2.61. The largest absolute Gasteiger partial charge is 0.355 e. The minimum Gasteiger partial charge on any atom is -0.355 e. The van der Waals surface area contributed by atoms with Crippen LogP contribution in [0.5, 0.6) is 0 Å². The summed E-state index contributed by atoms with van der Waals surface area (Å²) in [6, 6.07) is 11.0. The van der Waals surface area contributed by atoms with Gasteiger partial charge < -0.3 is 14.4 Å². The van der Waals surface area contributed by atoms with Gasteiger partial charge in [0.2, 0.25) is 5.89 Å². The second kappa shape index (κ2) is 7.10. The third-order valence-corrected chi connectivity index (χ3v) is 3.53. The molecule has 7 nitrogen and oxygen atoms in total. The first-order valence-corrected chi connectivity index (χ1v) is 8.26. The predicted molar refractivity (Wildman–Crippen MR) is 84.6 cm³/mol. The Balaban J connectivity index is 1.61. The molecule has 118 valence electrons. The SMILES string of the molecule is CSCc1noc(CNC(=O)c2cc(-c3ccccc3)on2)n1. The van der Waals surface area contributed by atoms with Gasteiger partial charge in [0.15, 0.2) is 17.3 Å². The summed E-state index contributed by atoms with van der Waals surface area (Å²) < 4.78 is 10.2. The van der Waals surface area contributed by atoms with Crippen molar-refractivity contribution in [3.05, 3.63) is 53.8 Å². The molecule has 0 radical (unpaired) electrons. The summed E-state index contributed by atoms with van der Waals surface area (Å²) in [6.07, 6.45) is 1.95. The van der Waals surface area contributed by atoms with E-state index < -0.39 is 0 Å². The third-order valence-electron chi connectivity index (χ3n) is 2.98. The maximum Gasteiger partial charge on any atom is 0.273 e. The molecular weight excluding hydrogens is 316 g/mol. The summed E-state index contributed by atoms with van der Waals surface area (Å²) in [5.74, 6) is 1.81. The van der Waals surface area contributed by atoms with Crippen LogP contribution in [0.15, 0.2) is 45.4 Å². The molecule has 23 heavy (non-hydrogen) atoms. The Kier molecular flexibility index (Phi) is 4.72. The van der Waals surface area contributed by atoms with Crippen LogP contribution in [0.3, 0.4) is 0 Å². The van der Waals surface area contributed by atoms with Gasteiger partial charge in [0.1, 0.15) is 0 Å². The number of thioether (sulfide) groups is 1. The highest BCUT2D eigenvalue weighted by Crippen LogP contribution is 2.19. The molecule has 0 fully saturated rings. The zero-order valence-electron chi connectivity index (χ0n) is 12.4. The van der Waals surface area contributed by atoms with Crippen LogP contribution < -0.4 is 5.32 Å². The molecule has 0 atom stereocenters. The molecule has 0 unspecified atom stereocenters. The fourth-order valence-electron chi connectivity index (χ4n) is 1.92. The van der Waals surface area contributed by atoms with Crippen LogP contribution >= 0.6 is 11.8 Å². The number of hydrogen-bond acceptors (Lipinski definition) is 7. The van der Waals surface area contributed by atoms with E-state index in [-0.39, 0.29) is 18.1 Å². The lowest BCUT2D eigenvalue weighted by Crippen LogP contribution is -2.23. The molecular formula is C15H14N4O3S. The number of carbonyl (C=O) groups is 1. The maximum absolute atomic E-state index is 12.1. The first-order valence-electron chi connectivity index (χ1n) is 6.87. The standard InChI is InChI=1S/C15H14N4O3S/c1-23-9-13-17-14(22-19-13)8-16-15(20)11-7-12(21-18-11)10-5-3-2-4-6-10/h2-7H,8-9H2,1H3,(H,16,20). The Bertz CT molecular complexity index is 785. The van der Waals surface area contributed by atoms with Gasteiger partial charge >= 0.3 is 0 Å². The zero-order chi connectivity index (χ0) is 16.1. The van der Waals surface area contributed by atoms with Gasteiger partial charge in [-0.1, -0.05) is 40.6 Å². The Morgan fingerprint density at radius 3 is 2.83 bits per heavy atom. The van der Waals surface area contributed by atoms with Crippen LogP contribution in [-0.2, 0) is 12.3 Å². The van der Waals surface area contributed by atoms with Crippen LogP contribution in [-0.4, -0.2) is 27.5 Å². The van der Waals surface area contributed by atoms with Gasteiger partial charge in [0, 0.05) is 11.6 Å². The molecule has 0 spiro atoms. The van der Waals surface area contributed by atoms with Crippen molar-refractivity contribution in [2.24, 2.45) is 0 Å². The second-order valence-electron chi connectivity index (χ2n) is 4.66. The van der Waals surface area contributed by atoms with E-state index in [2.05, 4.69) is 20.6 Å². The molecule has 0 bridgehead atoms. The molecule has 1 amide bonds. The molecule has 3 aromatic rings. The van der Waals surface area contributed by atoms with Crippen LogP contribution in [0.2, 0.25) is 0 Å². The quantitative estimate of drug-likeness (QED) is 0.742. The average Bonchev–Trinajstić information content (AvgIpc) is 3.23. The van der Waals surface area contributed by atoms with Crippen LogP contribution in [0.25, 0.3) is 11.3 Å². The fourth-order valence-corrected chi connectivity index (χ4v) is 2.29. The lowest BCUT2D eigenvalue weighted by molar-refractivity contribution is 0.0937. The van der Waals surface area contributed by atoms with Gasteiger partial charge in [-0.25, -0.2) is 0 Å². The Morgan fingerprint density at radius 1 is 1.22 bits per heavy atom. The smallest absolute Gasteiger partial charge is 0.273 e. The van der Waals surface area contributed by atoms with E-state index in [0.717, 1.165) is 5.56 Å². The van der Waals surface area contributed by atoms with Crippen molar-refractivity contribution in [2.75, 3.05) is 6.26 Å². The van der Waals surface area contributed by atoms with Gasteiger partial charge in [-0.2, -0.15) is 16.7 Å². The van der Waals surface area contributed by atoms with Crippen molar-refractivity contribution in [1.29, 1.82) is 0 Å². The molecule has 0 aliphatic rings. The van der Waals surface area contributed by atoms with E-state index >= 15 is 0 Å². The maximum atomic E-state index is 12.1. The van der Waals surface area contributed by atoms with E-state index in [0.29, 0.717) is 23.2 Å². The molecule has 0 aliphatic heterocycles. The Morgan fingerprint density at radius 2 is 2.04 bits per heavy atom. The monoisotopic (exact) mass is 330 g/mol. The number of carbonyl (C=O) groups excluding carboxylic acids is 1.